The molecule has 1 rings (SSSR count). The summed E-state index contributed by atoms with van der Waals surface area (Å²) in [4.78, 5) is 16.4. The van der Waals surface area contributed by atoms with Crippen molar-refractivity contribution in [2.45, 2.75) is 111 Å². The quantitative estimate of drug-likeness (QED) is 0.0809. The molecule has 0 aliphatic heterocycles. The number of hydrogen-bond donors (Lipinski definition) is 0. The van der Waals surface area contributed by atoms with Crippen molar-refractivity contribution in [2.24, 2.45) is 5.16 Å². The molecule has 0 aliphatic rings. The van der Waals surface area contributed by atoms with Crippen LogP contribution < -0.4 is 4.74 Å². The van der Waals surface area contributed by atoms with Gasteiger partial charge < -0.3 is 14.3 Å². The van der Waals surface area contributed by atoms with E-state index in [1.54, 1.807) is 6.92 Å². The first kappa shape index (κ1) is 29.0. The minimum absolute atomic E-state index is 0.180. The molecule has 0 spiro atoms. The molecule has 188 valence electrons. The van der Waals surface area contributed by atoms with E-state index in [-0.39, 0.29) is 6.61 Å². The van der Waals surface area contributed by atoms with Crippen molar-refractivity contribution < 1.29 is 19.1 Å². The van der Waals surface area contributed by atoms with E-state index in [0.29, 0.717) is 12.3 Å². The van der Waals surface area contributed by atoms with E-state index in [4.69, 9.17) is 14.3 Å². The number of benzene rings is 1. The standard InChI is InChI=1S/C28H47NO4/c1-4-6-7-8-9-10-11-12-13-14-15-16-17-18-22-32-27-21-19-20-26(23-27)25(3)29-33-24-28(30)31-5-2/h19-21,23H,4-18,22,24H2,1-3H3. The van der Waals surface area contributed by atoms with Crippen LogP contribution in [0.1, 0.15) is 116 Å². The van der Waals surface area contributed by atoms with Crippen LogP contribution in [0.3, 0.4) is 0 Å². The van der Waals surface area contributed by atoms with Crippen molar-refractivity contribution in [1.82, 2.24) is 0 Å². The molecule has 0 aromatic heterocycles. The highest BCUT2D eigenvalue weighted by Gasteiger charge is 2.04. The Hall–Kier alpha value is -2.04. The van der Waals surface area contributed by atoms with Crippen LogP contribution in [0.15, 0.2) is 29.4 Å². The highest BCUT2D eigenvalue weighted by Crippen LogP contribution is 2.16. The molecule has 0 heterocycles. The molecule has 0 atom stereocenters. The van der Waals surface area contributed by atoms with Crippen molar-refractivity contribution in [3.63, 3.8) is 0 Å². The first-order valence-corrected chi connectivity index (χ1v) is 13.2. The number of hydrogen-bond acceptors (Lipinski definition) is 5. The summed E-state index contributed by atoms with van der Waals surface area (Å²) in [5.41, 5.74) is 1.61. The molecular weight excluding hydrogens is 414 g/mol. The summed E-state index contributed by atoms with van der Waals surface area (Å²) in [5.74, 6) is 0.418. The minimum Gasteiger partial charge on any atom is -0.494 e. The van der Waals surface area contributed by atoms with E-state index in [1.807, 2.05) is 31.2 Å². The monoisotopic (exact) mass is 461 g/mol. The van der Waals surface area contributed by atoms with Gasteiger partial charge in [-0.3, -0.25) is 0 Å². The second-order valence-corrected chi connectivity index (χ2v) is 8.73. The van der Waals surface area contributed by atoms with Crippen LogP contribution in [-0.2, 0) is 14.4 Å². The number of carbonyl (C=O) groups is 1. The average molecular weight is 462 g/mol. The van der Waals surface area contributed by atoms with Gasteiger partial charge in [0, 0.05) is 5.56 Å². The Bertz CT molecular complexity index is 645. The Morgan fingerprint density at radius 2 is 1.39 bits per heavy atom. The third-order valence-corrected chi connectivity index (χ3v) is 5.71. The SMILES string of the molecule is CCCCCCCCCCCCCCCCOc1cccc(C(C)=NOCC(=O)OCC)c1. The van der Waals surface area contributed by atoms with Crippen molar-refractivity contribution in [1.29, 1.82) is 0 Å². The molecule has 0 fully saturated rings. The van der Waals surface area contributed by atoms with Gasteiger partial charge in [0.1, 0.15) is 5.75 Å². The van der Waals surface area contributed by atoms with E-state index >= 15 is 0 Å². The predicted octanol–water partition coefficient (Wildman–Crippen LogP) is 7.85. The van der Waals surface area contributed by atoms with Crippen LogP contribution in [0.4, 0.5) is 0 Å². The summed E-state index contributed by atoms with van der Waals surface area (Å²) >= 11 is 0. The Balaban J connectivity index is 2.05. The fraction of sp³-hybridized carbons (Fsp3) is 0.714. The Morgan fingerprint density at radius 1 is 0.818 bits per heavy atom. The van der Waals surface area contributed by atoms with Crippen molar-refractivity contribution in [2.75, 3.05) is 19.8 Å². The number of nitrogens with zero attached hydrogens (tertiary/aromatic N) is 1. The molecule has 0 N–H and O–H groups in total. The lowest BCUT2D eigenvalue weighted by Gasteiger charge is -2.08. The second-order valence-electron chi connectivity index (χ2n) is 8.73. The Kier molecular flexibility index (Phi) is 18.1. The zero-order chi connectivity index (χ0) is 24.0. The maximum atomic E-state index is 11.3. The van der Waals surface area contributed by atoms with Gasteiger partial charge in [-0.05, 0) is 32.4 Å². The van der Waals surface area contributed by atoms with E-state index in [9.17, 15) is 4.79 Å². The maximum absolute atomic E-state index is 11.3. The molecule has 0 saturated heterocycles. The molecule has 5 nitrogen and oxygen atoms in total. The average Bonchev–Trinajstić information content (AvgIpc) is 2.82. The molecular formula is C28H47NO4. The largest absolute Gasteiger partial charge is 0.494 e. The third-order valence-electron chi connectivity index (χ3n) is 5.71. The van der Waals surface area contributed by atoms with Crippen LogP contribution in [0.2, 0.25) is 0 Å². The van der Waals surface area contributed by atoms with Gasteiger partial charge >= 0.3 is 5.97 Å². The van der Waals surface area contributed by atoms with Crippen LogP contribution in [0.5, 0.6) is 5.75 Å². The normalized spacial score (nSPS) is 11.4. The first-order chi connectivity index (χ1) is 16.2. The Morgan fingerprint density at radius 3 is 1.97 bits per heavy atom. The van der Waals surface area contributed by atoms with Gasteiger partial charge in [-0.15, -0.1) is 0 Å². The topological polar surface area (TPSA) is 57.1 Å². The van der Waals surface area contributed by atoms with E-state index in [0.717, 1.165) is 24.3 Å². The number of ether oxygens (including phenoxy) is 2. The van der Waals surface area contributed by atoms with Gasteiger partial charge in [0.05, 0.1) is 18.9 Å². The van der Waals surface area contributed by atoms with E-state index in [2.05, 4.69) is 12.1 Å². The summed E-state index contributed by atoms with van der Waals surface area (Å²) in [6, 6.07) is 7.81. The molecule has 1 aromatic rings. The fourth-order valence-electron chi connectivity index (χ4n) is 3.73. The molecule has 0 amide bonds. The zero-order valence-corrected chi connectivity index (χ0v) is 21.4. The summed E-state index contributed by atoms with van der Waals surface area (Å²) in [7, 11) is 0. The molecule has 0 unspecified atom stereocenters. The van der Waals surface area contributed by atoms with Crippen LogP contribution in [0, 0.1) is 0 Å². The fourth-order valence-corrected chi connectivity index (χ4v) is 3.73. The lowest BCUT2D eigenvalue weighted by molar-refractivity contribution is -0.148. The highest BCUT2D eigenvalue weighted by molar-refractivity contribution is 5.98. The molecule has 0 saturated carbocycles. The smallest absolute Gasteiger partial charge is 0.347 e. The number of unbranched alkanes of at least 4 members (excludes halogenated alkanes) is 13. The van der Waals surface area contributed by atoms with Gasteiger partial charge in [0.2, 0.25) is 6.61 Å². The lowest BCUT2D eigenvalue weighted by Crippen LogP contribution is -2.11. The number of oxime groups is 1. The molecule has 0 radical (unpaired) electrons. The number of esters is 1. The zero-order valence-electron chi connectivity index (χ0n) is 21.4. The van der Waals surface area contributed by atoms with Crippen molar-refractivity contribution in [3.05, 3.63) is 29.8 Å². The van der Waals surface area contributed by atoms with Crippen LogP contribution in [0.25, 0.3) is 0 Å². The summed E-state index contributed by atoms with van der Waals surface area (Å²) < 4.78 is 10.7. The van der Waals surface area contributed by atoms with Crippen molar-refractivity contribution >= 4 is 11.7 Å². The van der Waals surface area contributed by atoms with Gasteiger partial charge in [-0.2, -0.15) is 0 Å². The number of carbonyl (C=O) groups excluding carboxylic acids is 1. The lowest BCUT2D eigenvalue weighted by atomic mass is 10.0. The summed E-state index contributed by atoms with van der Waals surface area (Å²) in [5, 5.41) is 3.99. The van der Waals surface area contributed by atoms with E-state index in [1.165, 1.54) is 83.5 Å². The molecule has 0 bridgehead atoms. The first-order valence-electron chi connectivity index (χ1n) is 13.2. The van der Waals surface area contributed by atoms with Gasteiger partial charge in [0.15, 0.2) is 0 Å². The Labute approximate surface area is 202 Å². The molecule has 1 aromatic carbocycles. The molecule has 0 aliphatic carbocycles. The van der Waals surface area contributed by atoms with Gasteiger partial charge in [-0.1, -0.05) is 108 Å². The number of rotatable bonds is 21. The summed E-state index contributed by atoms with van der Waals surface area (Å²) in [6.45, 7) is 6.77. The van der Waals surface area contributed by atoms with Crippen LogP contribution in [-0.4, -0.2) is 31.5 Å². The minimum atomic E-state index is -0.417. The molecule has 5 heteroatoms. The van der Waals surface area contributed by atoms with E-state index < -0.39 is 5.97 Å². The van der Waals surface area contributed by atoms with Crippen molar-refractivity contribution in [3.8, 4) is 5.75 Å². The molecule has 33 heavy (non-hydrogen) atoms. The predicted molar refractivity (Wildman–Crippen MR) is 137 cm³/mol. The maximum Gasteiger partial charge on any atom is 0.347 e. The van der Waals surface area contributed by atoms with Gasteiger partial charge in [0.25, 0.3) is 0 Å². The van der Waals surface area contributed by atoms with Crippen LogP contribution >= 0.6 is 0 Å². The second kappa shape index (κ2) is 20.6. The highest BCUT2D eigenvalue weighted by atomic mass is 16.7. The summed E-state index contributed by atoms with van der Waals surface area (Å²) in [6.07, 6.45) is 19.0. The van der Waals surface area contributed by atoms with Gasteiger partial charge in [-0.25, -0.2) is 4.79 Å². The third kappa shape index (κ3) is 16.3.